The summed E-state index contributed by atoms with van der Waals surface area (Å²) in [5, 5.41) is 23.1. The molecule has 0 saturated carbocycles. The fraction of sp³-hybridized carbons (Fsp3) is 0.0870. The molecule has 0 saturated heterocycles. The van der Waals surface area contributed by atoms with Crippen LogP contribution < -0.4 is 10.2 Å². The van der Waals surface area contributed by atoms with Crippen molar-refractivity contribution in [2.45, 2.75) is 12.6 Å². The predicted octanol–water partition coefficient (Wildman–Crippen LogP) is 3.95. The number of aromatic amines is 1. The molecule has 8 nitrogen and oxygen atoms in total. The lowest BCUT2D eigenvalue weighted by molar-refractivity contribution is 0.0704. The van der Waals surface area contributed by atoms with Crippen LogP contribution in [0.3, 0.4) is 0 Å². The molecule has 0 radical (unpaired) electrons. The number of aryl methyl sites for hydroxylation is 1. The fourth-order valence-corrected chi connectivity index (χ4v) is 4.11. The normalized spacial score (nSPS) is 17.6. The molecule has 0 bridgehead atoms. The number of aliphatic hydroxyl groups is 1. The minimum Gasteiger partial charge on any atom is -0.465 e. The molecule has 2 amide bonds. The summed E-state index contributed by atoms with van der Waals surface area (Å²) in [6.45, 7) is 1.58. The first-order chi connectivity index (χ1) is 15.3. The Morgan fingerprint density at radius 1 is 1.16 bits per heavy atom. The van der Waals surface area contributed by atoms with Crippen LogP contribution in [0, 0.1) is 12.7 Å². The molecule has 2 heterocycles. The van der Waals surface area contributed by atoms with Crippen LogP contribution in [0.15, 0.2) is 60.7 Å². The number of fused-ring (bicyclic) bond motifs is 2. The molecule has 0 aliphatic carbocycles. The van der Waals surface area contributed by atoms with Crippen molar-refractivity contribution in [2.75, 3.05) is 10.2 Å². The Balaban J connectivity index is 1.71. The van der Waals surface area contributed by atoms with Crippen LogP contribution in [-0.2, 0) is 5.72 Å². The fourth-order valence-electron chi connectivity index (χ4n) is 4.11. The van der Waals surface area contributed by atoms with Gasteiger partial charge in [-0.15, -0.1) is 0 Å². The van der Waals surface area contributed by atoms with Gasteiger partial charge in [0.05, 0.1) is 11.0 Å². The van der Waals surface area contributed by atoms with Gasteiger partial charge in [0.15, 0.2) is 5.72 Å². The van der Waals surface area contributed by atoms with Gasteiger partial charge in [-0.25, -0.2) is 14.2 Å². The van der Waals surface area contributed by atoms with Crippen LogP contribution >= 0.6 is 0 Å². The average molecular weight is 432 g/mol. The van der Waals surface area contributed by atoms with Gasteiger partial charge >= 0.3 is 6.09 Å². The van der Waals surface area contributed by atoms with Crippen molar-refractivity contribution in [3.05, 3.63) is 88.7 Å². The van der Waals surface area contributed by atoms with E-state index in [-0.39, 0.29) is 5.95 Å². The number of nitrogens with one attached hydrogen (secondary N) is 2. The van der Waals surface area contributed by atoms with E-state index in [0.717, 1.165) is 0 Å². The van der Waals surface area contributed by atoms with Crippen LogP contribution in [0.1, 0.15) is 27.0 Å². The van der Waals surface area contributed by atoms with Crippen molar-refractivity contribution >= 4 is 34.7 Å². The largest absolute Gasteiger partial charge is 0.465 e. The van der Waals surface area contributed by atoms with Crippen molar-refractivity contribution in [3.63, 3.8) is 0 Å². The maximum atomic E-state index is 13.9. The summed E-state index contributed by atoms with van der Waals surface area (Å²) >= 11 is 0. The van der Waals surface area contributed by atoms with Gasteiger partial charge in [-0.2, -0.15) is 0 Å². The maximum absolute atomic E-state index is 13.9. The molecule has 1 aromatic heterocycles. The Morgan fingerprint density at radius 3 is 2.69 bits per heavy atom. The van der Waals surface area contributed by atoms with E-state index in [2.05, 4.69) is 15.3 Å². The number of benzene rings is 3. The lowest BCUT2D eigenvalue weighted by Crippen LogP contribution is -2.45. The number of carboxylic acid groups (broad SMARTS) is 1. The van der Waals surface area contributed by atoms with E-state index in [1.54, 1.807) is 49.4 Å². The first-order valence-electron chi connectivity index (χ1n) is 9.72. The second kappa shape index (κ2) is 6.89. The first kappa shape index (κ1) is 19.7. The zero-order valence-corrected chi connectivity index (χ0v) is 16.8. The molecule has 1 unspecified atom stereocenters. The van der Waals surface area contributed by atoms with Crippen LogP contribution in [0.2, 0.25) is 0 Å². The molecule has 0 spiro atoms. The Morgan fingerprint density at radius 2 is 1.94 bits per heavy atom. The second-order valence-corrected chi connectivity index (χ2v) is 7.54. The molecule has 32 heavy (non-hydrogen) atoms. The number of anilines is 2. The number of carbonyl (C=O) groups is 2. The molecule has 1 aliphatic heterocycles. The van der Waals surface area contributed by atoms with Gasteiger partial charge in [-0.3, -0.25) is 15.0 Å². The number of hydrogen-bond acceptors (Lipinski definition) is 4. The highest BCUT2D eigenvalue weighted by Crippen LogP contribution is 2.45. The Labute approximate surface area is 180 Å². The number of hydrogen-bond donors (Lipinski definition) is 4. The van der Waals surface area contributed by atoms with Crippen molar-refractivity contribution in [2.24, 2.45) is 0 Å². The number of carbonyl (C=O) groups excluding carboxylic acids is 1. The summed E-state index contributed by atoms with van der Waals surface area (Å²) in [4.78, 5) is 32.5. The zero-order valence-electron chi connectivity index (χ0n) is 16.8. The molecular weight excluding hydrogens is 415 g/mol. The Hall–Kier alpha value is -4.24. The molecule has 5 rings (SSSR count). The highest BCUT2D eigenvalue weighted by Gasteiger charge is 2.50. The number of imidazole rings is 1. The van der Waals surface area contributed by atoms with E-state index in [1.165, 1.54) is 23.1 Å². The molecule has 4 N–H and O–H groups in total. The summed E-state index contributed by atoms with van der Waals surface area (Å²) in [6.07, 6.45) is -1.27. The van der Waals surface area contributed by atoms with E-state index in [0.29, 0.717) is 39.0 Å². The van der Waals surface area contributed by atoms with Gasteiger partial charge in [-0.05, 0) is 48.9 Å². The van der Waals surface area contributed by atoms with Crippen LogP contribution in [0.25, 0.3) is 11.0 Å². The highest BCUT2D eigenvalue weighted by atomic mass is 19.1. The first-order valence-corrected chi connectivity index (χ1v) is 9.72. The monoisotopic (exact) mass is 432 g/mol. The van der Waals surface area contributed by atoms with E-state index >= 15 is 0 Å². The molecule has 3 aromatic carbocycles. The number of rotatable bonds is 3. The predicted molar refractivity (Wildman–Crippen MR) is 115 cm³/mol. The van der Waals surface area contributed by atoms with E-state index in [9.17, 15) is 19.1 Å². The number of H-pyrrole nitrogens is 1. The third-order valence-electron chi connectivity index (χ3n) is 5.57. The SMILES string of the molecule is Cc1cc(N2C(=O)c3ccccc3C2(O)c2ccc3nc(NC(=O)O)[nH]c3c2)ccc1F. The van der Waals surface area contributed by atoms with Gasteiger partial charge in [0, 0.05) is 22.4 Å². The standard InChI is InChI=1S/C23H17FN4O4/c1-12-10-14(7-8-17(12)24)28-20(29)15-4-2-3-5-16(15)23(28,32)13-6-9-18-19(11-13)26-21(25-18)27-22(30)31/h2-11,32H,1H3,(H,30,31)(H2,25,26,27). The molecule has 9 heteroatoms. The lowest BCUT2D eigenvalue weighted by atomic mass is 9.93. The maximum Gasteiger partial charge on any atom is 0.411 e. The highest BCUT2D eigenvalue weighted by molar-refractivity contribution is 6.12. The molecule has 1 aliphatic rings. The van der Waals surface area contributed by atoms with Gasteiger partial charge in [-0.1, -0.05) is 24.3 Å². The summed E-state index contributed by atoms with van der Waals surface area (Å²) in [6, 6.07) is 15.8. The zero-order chi connectivity index (χ0) is 22.6. The number of nitrogens with zero attached hydrogens (tertiary/aromatic N) is 2. The number of amides is 2. The van der Waals surface area contributed by atoms with Gasteiger partial charge in [0.25, 0.3) is 5.91 Å². The summed E-state index contributed by atoms with van der Waals surface area (Å²) in [7, 11) is 0. The third kappa shape index (κ3) is 2.83. The number of halogens is 1. The van der Waals surface area contributed by atoms with E-state index in [1.807, 2.05) is 0 Å². The quantitative estimate of drug-likeness (QED) is 0.391. The van der Waals surface area contributed by atoms with Gasteiger partial charge < -0.3 is 15.2 Å². The third-order valence-corrected chi connectivity index (χ3v) is 5.57. The van der Waals surface area contributed by atoms with Crippen LogP contribution in [0.4, 0.5) is 20.8 Å². The average Bonchev–Trinajstić information content (AvgIpc) is 3.26. The summed E-state index contributed by atoms with van der Waals surface area (Å²) in [5.74, 6) is -0.809. The van der Waals surface area contributed by atoms with Crippen LogP contribution in [-0.4, -0.2) is 32.2 Å². The molecule has 1 atom stereocenters. The van der Waals surface area contributed by atoms with E-state index in [4.69, 9.17) is 5.11 Å². The van der Waals surface area contributed by atoms with Crippen molar-refractivity contribution < 1.29 is 24.2 Å². The summed E-state index contributed by atoms with van der Waals surface area (Å²) in [5.41, 5.74) is 0.806. The van der Waals surface area contributed by atoms with Gasteiger partial charge in [0.2, 0.25) is 5.95 Å². The van der Waals surface area contributed by atoms with E-state index < -0.39 is 23.5 Å². The van der Waals surface area contributed by atoms with Gasteiger partial charge in [0.1, 0.15) is 5.82 Å². The molecule has 160 valence electrons. The molecule has 4 aromatic rings. The Bertz CT molecular complexity index is 1420. The van der Waals surface area contributed by atoms with Crippen molar-refractivity contribution in [3.8, 4) is 0 Å². The second-order valence-electron chi connectivity index (χ2n) is 7.54. The minimum atomic E-state index is -1.88. The lowest BCUT2D eigenvalue weighted by Gasteiger charge is -2.35. The summed E-state index contributed by atoms with van der Waals surface area (Å²) < 4.78 is 13.9. The van der Waals surface area contributed by atoms with Crippen LogP contribution in [0.5, 0.6) is 0 Å². The van der Waals surface area contributed by atoms with Crippen molar-refractivity contribution in [1.29, 1.82) is 0 Å². The van der Waals surface area contributed by atoms with Crippen molar-refractivity contribution in [1.82, 2.24) is 9.97 Å². The minimum absolute atomic E-state index is 0.0329. The topological polar surface area (TPSA) is 119 Å². The number of aromatic nitrogens is 2. The molecule has 0 fully saturated rings. The molecular formula is C23H17FN4O4. The Kier molecular flexibility index (Phi) is 4.24. The smallest absolute Gasteiger partial charge is 0.411 e.